The summed E-state index contributed by atoms with van der Waals surface area (Å²) in [6.07, 6.45) is 0.196. The van der Waals surface area contributed by atoms with Gasteiger partial charge in [-0.25, -0.2) is 4.79 Å². The fourth-order valence-electron chi connectivity index (χ4n) is 4.21. The number of nitrogens with zero attached hydrogens (tertiary/aromatic N) is 1. The predicted octanol–water partition coefficient (Wildman–Crippen LogP) is 3.70. The average Bonchev–Trinajstić information content (AvgIpc) is 3.04. The van der Waals surface area contributed by atoms with E-state index in [4.69, 9.17) is 4.74 Å². The predicted molar refractivity (Wildman–Crippen MR) is 113 cm³/mol. The van der Waals surface area contributed by atoms with Crippen LogP contribution in [0.5, 0.6) is 0 Å². The van der Waals surface area contributed by atoms with Gasteiger partial charge in [-0.05, 0) is 34.6 Å². The fourth-order valence-corrected chi connectivity index (χ4v) is 4.21. The summed E-state index contributed by atoms with van der Waals surface area (Å²) in [5, 5.41) is 2.69. The number of ether oxygens (including phenoxy) is 1. The van der Waals surface area contributed by atoms with Crippen LogP contribution in [0.15, 0.2) is 48.5 Å². The maximum Gasteiger partial charge on any atom is 0.407 e. The highest BCUT2D eigenvalue weighted by molar-refractivity contribution is 6.02. The average molecular weight is 406 g/mol. The van der Waals surface area contributed by atoms with E-state index in [-0.39, 0.29) is 30.3 Å². The van der Waals surface area contributed by atoms with Gasteiger partial charge in [0.25, 0.3) is 5.91 Å². The van der Waals surface area contributed by atoms with Crippen molar-refractivity contribution in [3.05, 3.63) is 59.7 Å². The number of fused-ring (bicyclic) bond motifs is 3. The quantitative estimate of drug-likeness (QED) is 0.743. The summed E-state index contributed by atoms with van der Waals surface area (Å²) < 4.78 is 5.55. The number of alkyl carbamates (subject to hydrolysis) is 1. The zero-order chi connectivity index (χ0) is 21.3. The molecule has 1 saturated heterocycles. The van der Waals surface area contributed by atoms with Crippen LogP contribution in [0.1, 0.15) is 43.7 Å². The third-order valence-electron chi connectivity index (χ3n) is 5.76. The van der Waals surface area contributed by atoms with Gasteiger partial charge in [0, 0.05) is 18.9 Å². The van der Waals surface area contributed by atoms with Gasteiger partial charge in [-0.3, -0.25) is 14.5 Å². The summed E-state index contributed by atoms with van der Waals surface area (Å²) in [5.41, 5.74) is 4.58. The normalized spacial score (nSPS) is 16.0. The van der Waals surface area contributed by atoms with Crippen molar-refractivity contribution in [2.24, 2.45) is 5.92 Å². The number of β-lactam (4-membered cyclic amide) rings is 1. The minimum absolute atomic E-state index is 0.0423. The maximum atomic E-state index is 12.6. The van der Waals surface area contributed by atoms with Crippen LogP contribution in [0.25, 0.3) is 11.1 Å². The molecule has 1 heterocycles. The molecule has 6 heteroatoms. The molecule has 1 fully saturated rings. The second kappa shape index (κ2) is 8.30. The molecule has 0 radical (unpaired) electrons. The van der Waals surface area contributed by atoms with Gasteiger partial charge in [-0.15, -0.1) is 0 Å². The number of hydrogen-bond acceptors (Lipinski definition) is 4. The molecule has 3 amide bonds. The minimum Gasteiger partial charge on any atom is -0.449 e. The third-order valence-corrected chi connectivity index (χ3v) is 5.76. The van der Waals surface area contributed by atoms with E-state index >= 15 is 0 Å². The first-order valence-electron chi connectivity index (χ1n) is 10.4. The summed E-state index contributed by atoms with van der Waals surface area (Å²) in [7, 11) is 0. The van der Waals surface area contributed by atoms with Crippen LogP contribution in [-0.4, -0.2) is 42.0 Å². The number of nitrogens with one attached hydrogen (secondary N) is 1. The Kier molecular flexibility index (Phi) is 5.57. The summed E-state index contributed by atoms with van der Waals surface area (Å²) >= 11 is 0. The minimum atomic E-state index is -0.759. The van der Waals surface area contributed by atoms with Crippen LogP contribution >= 0.6 is 0 Å². The fraction of sp³-hybridized carbons (Fsp3) is 0.375. The Morgan fingerprint density at radius 2 is 1.67 bits per heavy atom. The Morgan fingerprint density at radius 1 is 1.07 bits per heavy atom. The summed E-state index contributed by atoms with van der Waals surface area (Å²) in [4.78, 5) is 38.0. The highest BCUT2D eigenvalue weighted by Crippen LogP contribution is 2.44. The van der Waals surface area contributed by atoms with E-state index in [0.717, 1.165) is 22.3 Å². The molecule has 1 N–H and O–H groups in total. The summed E-state index contributed by atoms with van der Waals surface area (Å²) in [6.45, 7) is 4.54. The van der Waals surface area contributed by atoms with Crippen molar-refractivity contribution in [2.75, 3.05) is 13.2 Å². The molecular weight excluding hydrogens is 380 g/mol. The van der Waals surface area contributed by atoms with E-state index in [1.54, 1.807) is 0 Å². The van der Waals surface area contributed by atoms with Gasteiger partial charge in [0.15, 0.2) is 0 Å². The first-order valence-corrected chi connectivity index (χ1v) is 10.4. The van der Waals surface area contributed by atoms with Crippen LogP contribution in [-0.2, 0) is 14.3 Å². The summed E-state index contributed by atoms with van der Waals surface area (Å²) in [5.74, 6) is -0.403. The molecule has 6 nitrogen and oxygen atoms in total. The van der Waals surface area contributed by atoms with Gasteiger partial charge in [-0.1, -0.05) is 62.4 Å². The summed E-state index contributed by atoms with van der Waals surface area (Å²) in [6, 6.07) is 15.5. The number of rotatable bonds is 6. The molecule has 0 aromatic heterocycles. The van der Waals surface area contributed by atoms with E-state index < -0.39 is 12.1 Å². The number of hydrogen-bond donors (Lipinski definition) is 1. The molecule has 0 spiro atoms. The molecule has 156 valence electrons. The molecule has 0 bridgehead atoms. The lowest BCUT2D eigenvalue weighted by molar-refractivity contribution is -0.153. The number of imide groups is 1. The van der Waals surface area contributed by atoms with Gasteiger partial charge >= 0.3 is 6.09 Å². The van der Waals surface area contributed by atoms with Crippen LogP contribution < -0.4 is 5.32 Å². The molecule has 0 saturated carbocycles. The van der Waals surface area contributed by atoms with Crippen molar-refractivity contribution in [2.45, 2.75) is 38.6 Å². The third kappa shape index (κ3) is 3.82. The van der Waals surface area contributed by atoms with Gasteiger partial charge in [0.1, 0.15) is 12.6 Å². The molecule has 1 aliphatic carbocycles. The van der Waals surface area contributed by atoms with Crippen molar-refractivity contribution in [3.8, 4) is 11.1 Å². The second-order valence-corrected chi connectivity index (χ2v) is 8.29. The zero-order valence-corrected chi connectivity index (χ0v) is 17.3. The highest BCUT2D eigenvalue weighted by atomic mass is 16.5. The number of benzene rings is 2. The molecule has 1 aliphatic heterocycles. The Balaban J connectivity index is 1.44. The molecule has 30 heavy (non-hydrogen) atoms. The van der Waals surface area contributed by atoms with E-state index in [0.29, 0.717) is 19.4 Å². The molecular formula is C24H26N2O4. The molecule has 2 aromatic rings. The highest BCUT2D eigenvalue weighted by Gasteiger charge is 2.36. The Hall–Kier alpha value is -3.15. The van der Waals surface area contributed by atoms with Crippen molar-refractivity contribution < 1.29 is 19.1 Å². The number of carbonyl (C=O) groups is 3. The lowest BCUT2D eigenvalue weighted by Gasteiger charge is -2.32. The van der Waals surface area contributed by atoms with Crippen molar-refractivity contribution in [3.63, 3.8) is 0 Å². The smallest absolute Gasteiger partial charge is 0.407 e. The maximum absolute atomic E-state index is 12.6. The molecule has 2 aromatic carbocycles. The van der Waals surface area contributed by atoms with Gasteiger partial charge in [0.05, 0.1) is 0 Å². The Bertz CT molecular complexity index is 939. The molecule has 1 atom stereocenters. The van der Waals surface area contributed by atoms with Crippen molar-refractivity contribution in [1.29, 1.82) is 0 Å². The Labute approximate surface area is 176 Å². The first-order chi connectivity index (χ1) is 14.5. The first kappa shape index (κ1) is 20.1. The monoisotopic (exact) mass is 406 g/mol. The SMILES string of the molecule is CC(C)C[C@@H](NC(=O)OCC1c2ccccc2-c2ccccc21)C(=O)N1CCC1=O. The van der Waals surface area contributed by atoms with Crippen LogP contribution in [0, 0.1) is 5.92 Å². The molecule has 0 unspecified atom stereocenters. The van der Waals surface area contributed by atoms with E-state index in [1.807, 2.05) is 38.1 Å². The topological polar surface area (TPSA) is 75.7 Å². The van der Waals surface area contributed by atoms with Crippen LogP contribution in [0.4, 0.5) is 4.79 Å². The number of carbonyl (C=O) groups excluding carboxylic acids is 3. The zero-order valence-electron chi connectivity index (χ0n) is 17.3. The van der Waals surface area contributed by atoms with Crippen molar-refractivity contribution >= 4 is 17.9 Å². The number of amides is 3. The lowest BCUT2D eigenvalue weighted by atomic mass is 9.98. The van der Waals surface area contributed by atoms with Gasteiger partial charge in [0.2, 0.25) is 5.91 Å². The Morgan fingerprint density at radius 3 is 2.17 bits per heavy atom. The van der Waals surface area contributed by atoms with E-state index in [9.17, 15) is 14.4 Å². The van der Waals surface area contributed by atoms with Crippen LogP contribution in [0.3, 0.4) is 0 Å². The number of likely N-dealkylation sites (tertiary alicyclic amines) is 1. The standard InChI is InChI=1S/C24H26N2O4/c1-15(2)13-21(23(28)26-12-11-22(26)27)25-24(29)30-14-20-18-9-5-3-7-16(18)17-8-4-6-10-19(17)20/h3-10,15,20-21H,11-14H2,1-2H3,(H,25,29)/t21-/m1/s1. The largest absolute Gasteiger partial charge is 0.449 e. The molecule has 4 rings (SSSR count). The van der Waals surface area contributed by atoms with Crippen LogP contribution in [0.2, 0.25) is 0 Å². The van der Waals surface area contributed by atoms with Gasteiger partial charge < -0.3 is 10.1 Å². The lowest BCUT2D eigenvalue weighted by Crippen LogP contribution is -2.56. The van der Waals surface area contributed by atoms with Crippen molar-refractivity contribution in [1.82, 2.24) is 10.2 Å². The van der Waals surface area contributed by atoms with E-state index in [1.165, 1.54) is 4.90 Å². The van der Waals surface area contributed by atoms with E-state index in [2.05, 4.69) is 29.6 Å². The molecule has 2 aliphatic rings. The van der Waals surface area contributed by atoms with Gasteiger partial charge in [-0.2, -0.15) is 0 Å². The second-order valence-electron chi connectivity index (χ2n) is 8.29.